The van der Waals surface area contributed by atoms with Crippen LogP contribution in [-0.4, -0.2) is 35.2 Å². The number of benzene rings is 1. The molecule has 6 heteroatoms. The summed E-state index contributed by atoms with van der Waals surface area (Å²) in [6, 6.07) is 10.4. The molecule has 3 rings (SSSR count). The minimum atomic E-state index is -0.166. The van der Waals surface area contributed by atoms with Gasteiger partial charge < -0.3 is 14.6 Å². The molecule has 24 heavy (non-hydrogen) atoms. The molecule has 1 unspecified atom stereocenters. The molecule has 1 aromatic carbocycles. The SMILES string of the molecule is CCn1c(-c2nc(C(=O)NC(C)COC)cs2)cc2ccccc21. The Morgan fingerprint density at radius 1 is 1.42 bits per heavy atom. The minimum absolute atomic E-state index is 0.0465. The Morgan fingerprint density at radius 2 is 2.21 bits per heavy atom. The third kappa shape index (κ3) is 3.20. The lowest BCUT2D eigenvalue weighted by atomic mass is 10.2. The summed E-state index contributed by atoms with van der Waals surface area (Å²) in [5.41, 5.74) is 2.68. The molecule has 3 aromatic rings. The van der Waals surface area contributed by atoms with E-state index >= 15 is 0 Å². The van der Waals surface area contributed by atoms with Crippen molar-refractivity contribution in [1.82, 2.24) is 14.9 Å². The van der Waals surface area contributed by atoms with E-state index in [1.165, 1.54) is 22.2 Å². The largest absolute Gasteiger partial charge is 0.383 e. The molecule has 126 valence electrons. The molecule has 0 radical (unpaired) electrons. The lowest BCUT2D eigenvalue weighted by molar-refractivity contribution is 0.0901. The van der Waals surface area contributed by atoms with Crippen LogP contribution in [0.1, 0.15) is 24.3 Å². The van der Waals surface area contributed by atoms with E-state index in [1.54, 1.807) is 7.11 Å². The van der Waals surface area contributed by atoms with E-state index in [0.29, 0.717) is 12.3 Å². The summed E-state index contributed by atoms with van der Waals surface area (Å²) in [5, 5.41) is 6.74. The van der Waals surface area contributed by atoms with Crippen molar-refractivity contribution in [3.8, 4) is 10.7 Å². The summed E-state index contributed by atoms with van der Waals surface area (Å²) < 4.78 is 7.27. The predicted molar refractivity (Wildman–Crippen MR) is 97.5 cm³/mol. The van der Waals surface area contributed by atoms with Crippen LogP contribution in [0.25, 0.3) is 21.6 Å². The second-order valence-electron chi connectivity index (χ2n) is 5.70. The van der Waals surface area contributed by atoms with Crippen molar-refractivity contribution in [1.29, 1.82) is 0 Å². The van der Waals surface area contributed by atoms with Crippen LogP contribution >= 0.6 is 11.3 Å². The topological polar surface area (TPSA) is 56.2 Å². The van der Waals surface area contributed by atoms with Gasteiger partial charge in [0.25, 0.3) is 5.91 Å². The third-order valence-electron chi connectivity index (χ3n) is 3.88. The van der Waals surface area contributed by atoms with Crippen LogP contribution in [0.3, 0.4) is 0 Å². The molecule has 0 aliphatic rings. The van der Waals surface area contributed by atoms with Gasteiger partial charge in [0.2, 0.25) is 0 Å². The second-order valence-corrected chi connectivity index (χ2v) is 6.56. The van der Waals surface area contributed by atoms with E-state index in [0.717, 1.165) is 17.2 Å². The van der Waals surface area contributed by atoms with E-state index in [-0.39, 0.29) is 11.9 Å². The zero-order valence-electron chi connectivity index (χ0n) is 14.1. The summed E-state index contributed by atoms with van der Waals surface area (Å²) in [7, 11) is 1.62. The number of nitrogens with zero attached hydrogens (tertiary/aromatic N) is 2. The molecule has 0 saturated carbocycles. The van der Waals surface area contributed by atoms with Crippen LogP contribution in [0.4, 0.5) is 0 Å². The monoisotopic (exact) mass is 343 g/mol. The maximum Gasteiger partial charge on any atom is 0.271 e. The fourth-order valence-corrected chi connectivity index (χ4v) is 3.64. The van der Waals surface area contributed by atoms with Crippen LogP contribution in [-0.2, 0) is 11.3 Å². The number of methoxy groups -OCH3 is 1. The van der Waals surface area contributed by atoms with E-state index in [4.69, 9.17) is 4.74 Å². The van der Waals surface area contributed by atoms with Gasteiger partial charge in [0.15, 0.2) is 0 Å². The Hall–Kier alpha value is -2.18. The number of aromatic nitrogens is 2. The molecule has 0 spiro atoms. The molecular weight excluding hydrogens is 322 g/mol. The molecule has 1 N–H and O–H groups in total. The number of para-hydroxylation sites is 1. The fraction of sp³-hybridized carbons (Fsp3) is 0.333. The summed E-state index contributed by atoms with van der Waals surface area (Å²) >= 11 is 1.49. The van der Waals surface area contributed by atoms with Crippen LogP contribution in [0, 0.1) is 0 Å². The summed E-state index contributed by atoms with van der Waals surface area (Å²) in [6.45, 7) is 5.36. The van der Waals surface area contributed by atoms with Gasteiger partial charge in [0.05, 0.1) is 12.3 Å². The molecule has 0 fully saturated rings. The number of hydrogen-bond acceptors (Lipinski definition) is 4. The van der Waals surface area contributed by atoms with E-state index in [2.05, 4.69) is 40.0 Å². The Bertz CT molecular complexity index is 853. The number of aryl methyl sites for hydroxylation is 1. The first-order valence-electron chi connectivity index (χ1n) is 7.98. The number of rotatable bonds is 6. The molecule has 5 nitrogen and oxygen atoms in total. The van der Waals surface area contributed by atoms with Gasteiger partial charge in [0.1, 0.15) is 10.7 Å². The number of thiazole rings is 1. The number of carbonyl (C=O) groups excluding carboxylic acids is 1. The van der Waals surface area contributed by atoms with Gasteiger partial charge in [-0.05, 0) is 26.0 Å². The highest BCUT2D eigenvalue weighted by Crippen LogP contribution is 2.30. The third-order valence-corrected chi connectivity index (χ3v) is 4.74. The number of hydrogen-bond donors (Lipinski definition) is 1. The first-order chi connectivity index (χ1) is 11.6. The highest BCUT2D eigenvalue weighted by atomic mass is 32.1. The normalized spacial score (nSPS) is 12.5. The smallest absolute Gasteiger partial charge is 0.271 e. The zero-order chi connectivity index (χ0) is 17.1. The predicted octanol–water partition coefficient (Wildman–Crippen LogP) is 3.55. The molecule has 1 amide bonds. The van der Waals surface area contributed by atoms with Gasteiger partial charge >= 0.3 is 0 Å². The quantitative estimate of drug-likeness (QED) is 0.745. The van der Waals surface area contributed by atoms with E-state index in [9.17, 15) is 4.79 Å². The molecule has 0 bridgehead atoms. The first-order valence-corrected chi connectivity index (χ1v) is 8.86. The van der Waals surface area contributed by atoms with Gasteiger partial charge in [-0.2, -0.15) is 0 Å². The molecule has 2 aromatic heterocycles. The van der Waals surface area contributed by atoms with Gasteiger partial charge in [0, 0.05) is 36.0 Å². The molecule has 0 aliphatic carbocycles. The van der Waals surface area contributed by atoms with Crippen molar-refractivity contribution in [2.75, 3.05) is 13.7 Å². The van der Waals surface area contributed by atoms with Gasteiger partial charge in [-0.1, -0.05) is 18.2 Å². The molecule has 0 saturated heterocycles. The lowest BCUT2D eigenvalue weighted by Gasteiger charge is -2.11. The standard InChI is InChI=1S/C18H21N3O2S/c1-4-21-15-8-6-5-7-13(15)9-16(21)18-20-14(11-24-18)17(22)19-12(2)10-23-3/h5-9,11-12H,4,10H2,1-3H3,(H,19,22). The van der Waals surface area contributed by atoms with Crippen molar-refractivity contribution < 1.29 is 9.53 Å². The Balaban J connectivity index is 1.89. The number of carbonyl (C=O) groups is 1. The number of amides is 1. The number of ether oxygens (including phenoxy) is 1. The Kier molecular flexibility index (Phi) is 4.97. The van der Waals surface area contributed by atoms with Crippen molar-refractivity contribution in [3.05, 3.63) is 41.4 Å². The average molecular weight is 343 g/mol. The maximum atomic E-state index is 12.3. The second kappa shape index (κ2) is 7.15. The minimum Gasteiger partial charge on any atom is -0.383 e. The van der Waals surface area contributed by atoms with E-state index < -0.39 is 0 Å². The molecular formula is C18H21N3O2S. The summed E-state index contributed by atoms with van der Waals surface area (Å²) in [5.74, 6) is -0.166. The van der Waals surface area contributed by atoms with Crippen molar-refractivity contribution >= 4 is 28.1 Å². The Labute approximate surface area is 145 Å². The number of fused-ring (bicyclic) bond motifs is 1. The lowest BCUT2D eigenvalue weighted by Crippen LogP contribution is -2.35. The average Bonchev–Trinajstić information content (AvgIpc) is 3.19. The van der Waals surface area contributed by atoms with Crippen molar-refractivity contribution in [2.24, 2.45) is 0 Å². The van der Waals surface area contributed by atoms with Crippen molar-refractivity contribution in [2.45, 2.75) is 26.4 Å². The van der Waals surface area contributed by atoms with Gasteiger partial charge in [-0.25, -0.2) is 4.98 Å². The molecule has 0 aliphatic heterocycles. The summed E-state index contributed by atoms with van der Waals surface area (Å²) in [4.78, 5) is 16.8. The highest BCUT2D eigenvalue weighted by molar-refractivity contribution is 7.13. The van der Waals surface area contributed by atoms with Crippen LogP contribution in [0.5, 0.6) is 0 Å². The van der Waals surface area contributed by atoms with Gasteiger partial charge in [-0.15, -0.1) is 11.3 Å². The van der Waals surface area contributed by atoms with Crippen LogP contribution < -0.4 is 5.32 Å². The molecule has 2 heterocycles. The fourth-order valence-electron chi connectivity index (χ4n) is 2.81. The Morgan fingerprint density at radius 3 is 2.96 bits per heavy atom. The van der Waals surface area contributed by atoms with Crippen LogP contribution in [0.2, 0.25) is 0 Å². The first kappa shape index (κ1) is 16.7. The van der Waals surface area contributed by atoms with Gasteiger partial charge in [-0.3, -0.25) is 4.79 Å². The molecule has 1 atom stereocenters. The zero-order valence-corrected chi connectivity index (χ0v) is 14.9. The number of nitrogens with one attached hydrogen (secondary N) is 1. The van der Waals surface area contributed by atoms with Crippen LogP contribution in [0.15, 0.2) is 35.7 Å². The summed E-state index contributed by atoms with van der Waals surface area (Å²) in [6.07, 6.45) is 0. The van der Waals surface area contributed by atoms with Crippen molar-refractivity contribution in [3.63, 3.8) is 0 Å². The highest BCUT2D eigenvalue weighted by Gasteiger charge is 2.17. The maximum absolute atomic E-state index is 12.3. The van der Waals surface area contributed by atoms with E-state index in [1.807, 2.05) is 24.4 Å².